The highest BCUT2D eigenvalue weighted by Crippen LogP contribution is 2.58. The molecule has 0 aliphatic rings. The largest absolute Gasteiger partial charge is 0.481 e. The molecular formula is C34H38O3P+. The molecule has 0 spiro atoms. The van der Waals surface area contributed by atoms with Crippen LogP contribution in [0.2, 0.25) is 0 Å². The molecule has 0 N–H and O–H groups in total. The average molecular weight is 526 g/mol. The van der Waals surface area contributed by atoms with Crippen molar-refractivity contribution >= 4 is 29.1 Å². The van der Waals surface area contributed by atoms with Crippen molar-refractivity contribution in [3.05, 3.63) is 120 Å². The molecule has 38 heavy (non-hydrogen) atoms. The molecule has 0 bridgehead atoms. The minimum absolute atomic E-state index is 0.0912. The van der Waals surface area contributed by atoms with Crippen molar-refractivity contribution in [1.82, 2.24) is 0 Å². The third-order valence-corrected chi connectivity index (χ3v) is 11.2. The highest BCUT2D eigenvalue weighted by atomic mass is 31.2. The van der Waals surface area contributed by atoms with Crippen LogP contribution < -0.4 is 20.7 Å². The molecule has 196 valence electrons. The number of benzene rings is 4. The Kier molecular flexibility index (Phi) is 8.69. The van der Waals surface area contributed by atoms with E-state index in [-0.39, 0.29) is 18.0 Å². The molecular weight excluding hydrogens is 487 g/mol. The Morgan fingerprint density at radius 1 is 0.763 bits per heavy atom. The molecule has 0 saturated heterocycles. The third kappa shape index (κ3) is 6.00. The fourth-order valence-electron chi connectivity index (χ4n) is 5.06. The molecule has 0 aliphatic carbocycles. The smallest absolute Gasteiger partial charge is 0.344 e. The first-order chi connectivity index (χ1) is 18.3. The Hall–Kier alpha value is -3.42. The van der Waals surface area contributed by atoms with Crippen molar-refractivity contribution in [2.24, 2.45) is 0 Å². The van der Waals surface area contributed by atoms with Crippen LogP contribution in [0.4, 0.5) is 0 Å². The van der Waals surface area contributed by atoms with E-state index in [1.165, 1.54) is 21.5 Å². The van der Waals surface area contributed by atoms with E-state index in [2.05, 4.69) is 131 Å². The van der Waals surface area contributed by atoms with Crippen LogP contribution in [0.15, 0.2) is 103 Å². The Bertz CT molecular complexity index is 1250. The van der Waals surface area contributed by atoms with Crippen molar-refractivity contribution in [2.45, 2.75) is 46.2 Å². The van der Waals surface area contributed by atoms with E-state index in [9.17, 15) is 4.79 Å². The van der Waals surface area contributed by atoms with Gasteiger partial charge in [-0.2, -0.15) is 0 Å². The van der Waals surface area contributed by atoms with Crippen LogP contribution in [0.1, 0.15) is 44.4 Å². The summed E-state index contributed by atoms with van der Waals surface area (Å²) in [5.41, 5.74) is 3.23. The third-order valence-electron chi connectivity index (χ3n) is 6.79. The first kappa shape index (κ1) is 27.6. The maximum Gasteiger partial charge on any atom is 0.344 e. The summed E-state index contributed by atoms with van der Waals surface area (Å²) in [5.74, 6) is 0.426. The molecule has 0 unspecified atom stereocenters. The molecule has 0 heterocycles. The fraction of sp³-hybridized carbons (Fsp3) is 0.265. The van der Waals surface area contributed by atoms with Gasteiger partial charge in [0, 0.05) is 5.56 Å². The van der Waals surface area contributed by atoms with Gasteiger partial charge in [0.05, 0.1) is 12.8 Å². The predicted molar refractivity (Wildman–Crippen MR) is 161 cm³/mol. The molecule has 0 amide bonds. The maximum absolute atomic E-state index is 12.1. The molecule has 4 aromatic rings. The van der Waals surface area contributed by atoms with Gasteiger partial charge in [0.15, 0.2) is 6.61 Å². The summed E-state index contributed by atoms with van der Waals surface area (Å²) in [7, 11) is -2.04. The second kappa shape index (κ2) is 12.0. The van der Waals surface area contributed by atoms with E-state index >= 15 is 0 Å². The number of ether oxygens (including phenoxy) is 2. The Morgan fingerprint density at radius 2 is 1.24 bits per heavy atom. The van der Waals surface area contributed by atoms with Crippen LogP contribution in [-0.2, 0) is 21.1 Å². The number of esters is 1. The summed E-state index contributed by atoms with van der Waals surface area (Å²) in [4.78, 5) is 12.1. The van der Waals surface area contributed by atoms with Crippen molar-refractivity contribution in [3.63, 3.8) is 0 Å². The van der Waals surface area contributed by atoms with Gasteiger partial charge in [-0.1, -0.05) is 75.4 Å². The van der Waals surface area contributed by atoms with Gasteiger partial charge >= 0.3 is 5.97 Å². The minimum atomic E-state index is -2.04. The van der Waals surface area contributed by atoms with Crippen molar-refractivity contribution in [1.29, 1.82) is 0 Å². The van der Waals surface area contributed by atoms with E-state index in [4.69, 9.17) is 9.47 Å². The molecule has 0 aliphatic heterocycles. The molecule has 0 saturated carbocycles. The van der Waals surface area contributed by atoms with Gasteiger partial charge in [0.2, 0.25) is 0 Å². The Labute approximate surface area is 228 Å². The molecule has 4 aromatic carbocycles. The molecule has 3 nitrogen and oxygen atoms in total. The molecule has 4 heteroatoms. The zero-order valence-electron chi connectivity index (χ0n) is 23.1. The second-order valence-corrected chi connectivity index (χ2v) is 14.1. The second-order valence-electron chi connectivity index (χ2n) is 10.6. The molecule has 0 atom stereocenters. The van der Waals surface area contributed by atoms with E-state index in [1.807, 2.05) is 0 Å². The first-order valence-corrected chi connectivity index (χ1v) is 15.2. The van der Waals surface area contributed by atoms with Gasteiger partial charge < -0.3 is 9.47 Å². The molecule has 0 radical (unpaired) electrons. The lowest BCUT2D eigenvalue weighted by molar-refractivity contribution is -0.145. The number of aryl methyl sites for hydroxylation is 1. The summed E-state index contributed by atoms with van der Waals surface area (Å²) < 4.78 is 11.2. The lowest BCUT2D eigenvalue weighted by atomic mass is 9.84. The van der Waals surface area contributed by atoms with E-state index in [0.29, 0.717) is 6.61 Å². The lowest BCUT2D eigenvalue weighted by Crippen LogP contribution is -2.32. The first-order valence-electron chi connectivity index (χ1n) is 13.2. The van der Waals surface area contributed by atoms with Gasteiger partial charge in [-0.05, 0) is 78.9 Å². The number of hydrogen-bond donors (Lipinski definition) is 0. The predicted octanol–water partition coefficient (Wildman–Crippen LogP) is 6.73. The summed E-state index contributed by atoms with van der Waals surface area (Å²) in [6, 6.07) is 37.4. The lowest BCUT2D eigenvalue weighted by Gasteiger charge is -2.30. The van der Waals surface area contributed by atoms with E-state index in [1.54, 1.807) is 6.92 Å². The highest BCUT2D eigenvalue weighted by Gasteiger charge is 2.45. The van der Waals surface area contributed by atoms with Crippen LogP contribution in [0.25, 0.3) is 0 Å². The Morgan fingerprint density at radius 3 is 1.66 bits per heavy atom. The van der Waals surface area contributed by atoms with Gasteiger partial charge in [0.25, 0.3) is 0 Å². The topological polar surface area (TPSA) is 35.5 Å². The van der Waals surface area contributed by atoms with Crippen LogP contribution in [0.5, 0.6) is 5.75 Å². The normalized spacial score (nSPS) is 11.7. The van der Waals surface area contributed by atoms with E-state index in [0.717, 1.165) is 23.0 Å². The maximum atomic E-state index is 12.1. The van der Waals surface area contributed by atoms with Crippen LogP contribution in [0.3, 0.4) is 0 Å². The average Bonchev–Trinajstić information content (AvgIpc) is 2.92. The summed E-state index contributed by atoms with van der Waals surface area (Å²) in [5, 5.41) is 4.07. The monoisotopic (exact) mass is 525 g/mol. The zero-order valence-corrected chi connectivity index (χ0v) is 24.0. The molecule has 4 rings (SSSR count). The minimum Gasteiger partial charge on any atom is -0.481 e. The van der Waals surface area contributed by atoms with Gasteiger partial charge in [-0.3, -0.25) is 0 Å². The molecule has 0 aromatic heterocycles. The highest BCUT2D eigenvalue weighted by molar-refractivity contribution is 7.95. The zero-order chi connectivity index (χ0) is 27.2. The quantitative estimate of drug-likeness (QED) is 0.180. The summed E-state index contributed by atoms with van der Waals surface area (Å²) >= 11 is 0. The standard InChI is InChI=1S/C34H38O3P/c1-6-36-32(35)24-37-33-26(2)22-27(23-31(33)34(3,4)5)25-38(28-16-10-7-11-17-28,29-18-12-8-13-19-29)30-20-14-9-15-21-30/h7-23H,6,24-25H2,1-5H3/q+1. The van der Waals surface area contributed by atoms with E-state index < -0.39 is 7.26 Å². The SMILES string of the molecule is CCOC(=O)COc1c(C)cc(C[P+](c2ccccc2)(c2ccccc2)c2ccccc2)cc1C(C)(C)C. The number of rotatable bonds is 9. The number of carbonyl (C=O) groups is 1. The summed E-state index contributed by atoms with van der Waals surface area (Å²) in [6.45, 7) is 10.7. The van der Waals surface area contributed by atoms with Gasteiger partial charge in [-0.15, -0.1) is 0 Å². The Balaban J connectivity index is 1.89. The number of hydrogen-bond acceptors (Lipinski definition) is 3. The van der Waals surface area contributed by atoms with Crippen molar-refractivity contribution in [2.75, 3.05) is 13.2 Å². The fourth-order valence-corrected chi connectivity index (χ4v) is 9.28. The van der Waals surface area contributed by atoms with Gasteiger partial charge in [-0.25, -0.2) is 4.79 Å². The van der Waals surface area contributed by atoms with Crippen LogP contribution in [-0.4, -0.2) is 19.2 Å². The van der Waals surface area contributed by atoms with Gasteiger partial charge in [0.1, 0.15) is 28.9 Å². The van der Waals surface area contributed by atoms with Crippen molar-refractivity contribution in [3.8, 4) is 5.75 Å². The van der Waals surface area contributed by atoms with Crippen LogP contribution in [0, 0.1) is 6.92 Å². The molecule has 0 fully saturated rings. The van der Waals surface area contributed by atoms with Crippen LogP contribution >= 0.6 is 7.26 Å². The van der Waals surface area contributed by atoms with Crippen molar-refractivity contribution < 1.29 is 14.3 Å². The number of carbonyl (C=O) groups excluding carboxylic acids is 1. The summed E-state index contributed by atoms with van der Waals surface area (Å²) in [6.07, 6.45) is 0.882.